The van der Waals surface area contributed by atoms with E-state index in [1.165, 1.54) is 7.11 Å². The van der Waals surface area contributed by atoms with Crippen LogP contribution in [0.5, 0.6) is 0 Å². The second-order valence-electron chi connectivity index (χ2n) is 5.16. The summed E-state index contributed by atoms with van der Waals surface area (Å²) in [5.41, 5.74) is 0. The molecule has 2 heterocycles. The standard InChI is InChI=1S/C15H21NO4S/c1-11(21-10-13-4-3-9-20-13)14(17)16-7-5-12(6-8-16)15(18)19-2/h3-4,9,11-12H,5-8,10H2,1-2H3. The zero-order valence-electron chi connectivity index (χ0n) is 12.4. The molecule has 21 heavy (non-hydrogen) atoms. The van der Waals surface area contributed by atoms with Crippen LogP contribution in [0.15, 0.2) is 22.8 Å². The number of piperidine rings is 1. The van der Waals surface area contributed by atoms with Crippen LogP contribution < -0.4 is 0 Å². The van der Waals surface area contributed by atoms with E-state index < -0.39 is 0 Å². The van der Waals surface area contributed by atoms with Crippen molar-refractivity contribution in [2.75, 3.05) is 20.2 Å². The molecular weight excluding hydrogens is 290 g/mol. The third-order valence-corrected chi connectivity index (χ3v) is 4.90. The van der Waals surface area contributed by atoms with Crippen molar-refractivity contribution in [3.63, 3.8) is 0 Å². The fourth-order valence-corrected chi connectivity index (χ4v) is 3.30. The topological polar surface area (TPSA) is 59.8 Å². The van der Waals surface area contributed by atoms with E-state index in [2.05, 4.69) is 0 Å². The largest absolute Gasteiger partial charge is 0.469 e. The number of furan rings is 1. The van der Waals surface area contributed by atoms with Gasteiger partial charge < -0.3 is 14.1 Å². The Labute approximate surface area is 129 Å². The number of rotatable bonds is 5. The van der Waals surface area contributed by atoms with Crippen LogP contribution >= 0.6 is 11.8 Å². The van der Waals surface area contributed by atoms with Crippen LogP contribution in [0.4, 0.5) is 0 Å². The summed E-state index contributed by atoms with van der Waals surface area (Å²) in [4.78, 5) is 25.7. The second-order valence-corrected chi connectivity index (χ2v) is 6.48. The van der Waals surface area contributed by atoms with E-state index in [1.54, 1.807) is 18.0 Å². The Balaban J connectivity index is 1.77. The first kappa shape index (κ1) is 15.9. The summed E-state index contributed by atoms with van der Waals surface area (Å²) in [6, 6.07) is 3.76. The average molecular weight is 311 g/mol. The van der Waals surface area contributed by atoms with Crippen LogP contribution in [-0.4, -0.2) is 42.2 Å². The predicted octanol–water partition coefficient (Wildman–Crippen LogP) is 2.31. The molecule has 1 atom stereocenters. The van der Waals surface area contributed by atoms with Crippen LogP contribution in [0.3, 0.4) is 0 Å². The van der Waals surface area contributed by atoms with Gasteiger partial charge in [-0.2, -0.15) is 0 Å². The number of thioether (sulfide) groups is 1. The molecule has 1 aromatic heterocycles. The summed E-state index contributed by atoms with van der Waals surface area (Å²) in [6.07, 6.45) is 3.02. The summed E-state index contributed by atoms with van der Waals surface area (Å²) in [6.45, 7) is 3.18. The number of carbonyl (C=O) groups excluding carboxylic acids is 2. The van der Waals surface area contributed by atoms with E-state index in [4.69, 9.17) is 9.15 Å². The van der Waals surface area contributed by atoms with Gasteiger partial charge in [-0.05, 0) is 31.9 Å². The van der Waals surface area contributed by atoms with Crippen molar-refractivity contribution in [2.24, 2.45) is 5.92 Å². The van der Waals surface area contributed by atoms with Gasteiger partial charge in [0.15, 0.2) is 0 Å². The average Bonchev–Trinajstić information content (AvgIpc) is 3.04. The number of amides is 1. The Kier molecular flexibility index (Phi) is 5.73. The summed E-state index contributed by atoms with van der Waals surface area (Å²) < 4.78 is 10.0. The van der Waals surface area contributed by atoms with Crippen molar-refractivity contribution in [2.45, 2.75) is 30.8 Å². The van der Waals surface area contributed by atoms with Crippen molar-refractivity contribution in [3.05, 3.63) is 24.2 Å². The maximum absolute atomic E-state index is 12.4. The van der Waals surface area contributed by atoms with E-state index in [0.717, 1.165) is 5.76 Å². The lowest BCUT2D eigenvalue weighted by molar-refractivity contribution is -0.148. The quantitative estimate of drug-likeness (QED) is 0.781. The minimum Gasteiger partial charge on any atom is -0.469 e. The molecule has 5 nitrogen and oxygen atoms in total. The minimum absolute atomic E-state index is 0.0647. The summed E-state index contributed by atoms with van der Waals surface area (Å²) in [7, 11) is 1.41. The molecule has 0 N–H and O–H groups in total. The number of hydrogen-bond acceptors (Lipinski definition) is 5. The lowest BCUT2D eigenvalue weighted by atomic mass is 9.97. The van der Waals surface area contributed by atoms with Gasteiger partial charge in [0.05, 0.1) is 30.3 Å². The van der Waals surface area contributed by atoms with Crippen molar-refractivity contribution in [1.82, 2.24) is 4.90 Å². The number of ether oxygens (including phenoxy) is 1. The Morgan fingerprint density at radius 2 is 2.19 bits per heavy atom. The zero-order valence-corrected chi connectivity index (χ0v) is 13.2. The van der Waals surface area contributed by atoms with Gasteiger partial charge in [0.2, 0.25) is 5.91 Å². The number of likely N-dealkylation sites (tertiary alicyclic amines) is 1. The number of carbonyl (C=O) groups is 2. The zero-order chi connectivity index (χ0) is 15.2. The van der Waals surface area contributed by atoms with Crippen LogP contribution in [0, 0.1) is 5.92 Å². The van der Waals surface area contributed by atoms with Crippen LogP contribution in [-0.2, 0) is 20.1 Å². The summed E-state index contributed by atoms with van der Waals surface area (Å²) in [5, 5.41) is -0.107. The molecule has 0 saturated carbocycles. The van der Waals surface area contributed by atoms with E-state index in [0.29, 0.717) is 31.7 Å². The third-order valence-electron chi connectivity index (χ3n) is 3.74. The van der Waals surface area contributed by atoms with Crippen LogP contribution in [0.25, 0.3) is 0 Å². The first-order valence-electron chi connectivity index (χ1n) is 7.12. The highest BCUT2D eigenvalue weighted by Gasteiger charge is 2.29. The highest BCUT2D eigenvalue weighted by atomic mass is 32.2. The maximum Gasteiger partial charge on any atom is 0.308 e. The van der Waals surface area contributed by atoms with Gasteiger partial charge in [-0.3, -0.25) is 9.59 Å². The molecule has 0 aliphatic carbocycles. The molecule has 1 aromatic rings. The molecule has 1 fully saturated rings. The fourth-order valence-electron chi connectivity index (χ4n) is 2.43. The molecule has 1 amide bonds. The number of nitrogens with zero attached hydrogens (tertiary/aromatic N) is 1. The Morgan fingerprint density at radius 3 is 2.76 bits per heavy atom. The molecule has 2 rings (SSSR count). The van der Waals surface area contributed by atoms with Crippen LogP contribution in [0.2, 0.25) is 0 Å². The molecule has 0 spiro atoms. The van der Waals surface area contributed by atoms with Gasteiger partial charge in [-0.25, -0.2) is 0 Å². The molecule has 1 aliphatic rings. The molecule has 0 bridgehead atoms. The number of hydrogen-bond donors (Lipinski definition) is 0. The first-order valence-corrected chi connectivity index (χ1v) is 8.17. The van der Waals surface area contributed by atoms with Crippen molar-refractivity contribution < 1.29 is 18.7 Å². The molecule has 1 unspecified atom stereocenters. The van der Waals surface area contributed by atoms with Gasteiger partial charge in [0, 0.05) is 13.1 Å². The summed E-state index contributed by atoms with van der Waals surface area (Å²) in [5.74, 6) is 1.48. The van der Waals surface area contributed by atoms with E-state index in [9.17, 15) is 9.59 Å². The van der Waals surface area contributed by atoms with E-state index in [1.807, 2.05) is 24.0 Å². The van der Waals surface area contributed by atoms with Crippen molar-refractivity contribution >= 4 is 23.6 Å². The van der Waals surface area contributed by atoms with Gasteiger partial charge >= 0.3 is 5.97 Å². The van der Waals surface area contributed by atoms with Gasteiger partial charge in [0.1, 0.15) is 5.76 Å². The van der Waals surface area contributed by atoms with E-state index >= 15 is 0 Å². The SMILES string of the molecule is COC(=O)C1CCN(C(=O)C(C)SCc2ccco2)CC1. The highest BCUT2D eigenvalue weighted by molar-refractivity contribution is 7.99. The Hall–Kier alpha value is -1.43. The van der Waals surface area contributed by atoms with Gasteiger partial charge in [-0.1, -0.05) is 0 Å². The molecule has 0 aromatic carbocycles. The van der Waals surface area contributed by atoms with Crippen LogP contribution in [0.1, 0.15) is 25.5 Å². The fraction of sp³-hybridized carbons (Fsp3) is 0.600. The molecule has 116 valence electrons. The van der Waals surface area contributed by atoms with Gasteiger partial charge in [-0.15, -0.1) is 11.8 Å². The molecular formula is C15H21NO4S. The second kappa shape index (κ2) is 7.54. The minimum atomic E-state index is -0.164. The monoisotopic (exact) mass is 311 g/mol. The van der Waals surface area contributed by atoms with Crippen molar-refractivity contribution in [3.8, 4) is 0 Å². The highest BCUT2D eigenvalue weighted by Crippen LogP contribution is 2.23. The molecule has 6 heteroatoms. The lowest BCUT2D eigenvalue weighted by Gasteiger charge is -2.32. The molecule has 1 saturated heterocycles. The number of esters is 1. The normalized spacial score (nSPS) is 17.5. The maximum atomic E-state index is 12.4. The van der Waals surface area contributed by atoms with E-state index in [-0.39, 0.29) is 23.0 Å². The van der Waals surface area contributed by atoms with Crippen molar-refractivity contribution in [1.29, 1.82) is 0 Å². The number of methoxy groups -OCH3 is 1. The third kappa shape index (κ3) is 4.27. The Morgan fingerprint density at radius 1 is 1.48 bits per heavy atom. The molecule has 1 aliphatic heterocycles. The summed E-state index contributed by atoms with van der Waals surface area (Å²) >= 11 is 1.57. The smallest absolute Gasteiger partial charge is 0.308 e. The Bertz CT molecular complexity index is 466. The first-order chi connectivity index (χ1) is 10.1. The predicted molar refractivity (Wildman–Crippen MR) is 80.8 cm³/mol. The molecule has 0 radical (unpaired) electrons. The lowest BCUT2D eigenvalue weighted by Crippen LogP contribution is -2.43. The van der Waals surface area contributed by atoms with Gasteiger partial charge in [0.25, 0.3) is 0 Å².